The zero-order chi connectivity index (χ0) is 32.7. The van der Waals surface area contributed by atoms with Crippen molar-refractivity contribution in [3.05, 3.63) is 95.8 Å². The quantitative estimate of drug-likeness (QED) is 0.0598. The van der Waals surface area contributed by atoms with Gasteiger partial charge < -0.3 is 30.6 Å². The molecule has 4 aromatic carbocycles. The number of nitrogens with zero attached hydrogens (tertiary/aromatic N) is 1. The molecular weight excluding hydrogens is 654 g/mol. The lowest BCUT2D eigenvalue weighted by atomic mass is 10.0. The van der Waals surface area contributed by atoms with E-state index in [1.54, 1.807) is 56.8 Å². The first-order valence-corrected chi connectivity index (χ1v) is 18.2. The fourth-order valence-corrected chi connectivity index (χ4v) is 7.61. The minimum Gasteiger partial charge on any atom is -0.507 e. The molecule has 0 bridgehead atoms. The van der Waals surface area contributed by atoms with Crippen molar-refractivity contribution in [1.29, 1.82) is 0 Å². The highest BCUT2D eigenvalue weighted by atomic mass is 35.5. The highest BCUT2D eigenvalue weighted by Gasteiger charge is 2.36. The van der Waals surface area contributed by atoms with E-state index >= 15 is 0 Å². The zero-order valence-electron chi connectivity index (χ0n) is 25.2. The maximum absolute atomic E-state index is 13.9. The number of rotatable bonds is 9. The fourth-order valence-electron chi connectivity index (χ4n) is 6.18. The number of H-pyrrole nitrogens is 2. The summed E-state index contributed by atoms with van der Waals surface area (Å²) >= 11 is 6.36. The first-order valence-electron chi connectivity index (χ1n) is 15.0. The number of phenolic OH excluding ortho intramolecular Hbond substituents is 1. The number of carbonyl (C=O) groups is 3. The number of aromatic nitrogens is 2. The smallest absolute Gasteiger partial charge is 0.275 e. The van der Waals surface area contributed by atoms with Gasteiger partial charge in [-0.15, -0.1) is 11.6 Å². The molecule has 0 saturated carbocycles. The Balaban J connectivity index is 1.09. The summed E-state index contributed by atoms with van der Waals surface area (Å²) in [6.45, 7) is 0. The van der Waals surface area contributed by atoms with Crippen molar-refractivity contribution in [3.8, 4) is 5.75 Å². The Hall–Kier alpha value is -4.58. The van der Waals surface area contributed by atoms with Crippen LogP contribution < -0.4 is 15.5 Å². The number of phenols is 1. The number of alkyl halides is 1. The number of halogens is 1. The van der Waals surface area contributed by atoms with Crippen LogP contribution >= 0.6 is 33.2 Å². The lowest BCUT2D eigenvalue weighted by Crippen LogP contribution is -2.39. The summed E-state index contributed by atoms with van der Waals surface area (Å²) in [4.78, 5) is 47.4. The fraction of sp³-hybridized carbons (Fsp3) is 0.171. The summed E-state index contributed by atoms with van der Waals surface area (Å²) < 4.78 is 0. The molecule has 0 spiro atoms. The van der Waals surface area contributed by atoms with E-state index in [9.17, 15) is 19.5 Å². The monoisotopic (exact) mass is 683 g/mol. The molecule has 0 unspecified atom stereocenters. The summed E-state index contributed by atoms with van der Waals surface area (Å²) in [5.41, 5.74) is 5.14. The molecule has 1 aliphatic heterocycles. The highest BCUT2D eigenvalue weighted by Crippen LogP contribution is 2.42. The number of carbonyl (C=O) groups excluding carboxylic acids is 3. The second kappa shape index (κ2) is 12.9. The topological polar surface area (TPSA) is 130 Å². The number of hydrogen-bond acceptors (Lipinski definition) is 6. The van der Waals surface area contributed by atoms with Crippen LogP contribution in [0.4, 0.5) is 17.1 Å². The molecule has 2 aromatic heterocycles. The molecule has 0 saturated heterocycles. The van der Waals surface area contributed by atoms with E-state index in [4.69, 9.17) is 11.6 Å². The zero-order valence-corrected chi connectivity index (χ0v) is 27.6. The van der Waals surface area contributed by atoms with Crippen LogP contribution in [0.1, 0.15) is 33.0 Å². The molecule has 12 heteroatoms. The Morgan fingerprint density at radius 1 is 0.894 bits per heavy atom. The summed E-state index contributed by atoms with van der Waals surface area (Å²) in [6, 6.07) is 23.4. The molecule has 7 rings (SSSR count). The van der Waals surface area contributed by atoms with E-state index in [1.165, 1.54) is 0 Å². The Kier molecular flexibility index (Phi) is 8.52. The van der Waals surface area contributed by atoms with Gasteiger partial charge in [-0.3, -0.25) is 14.4 Å². The molecule has 9 nitrogen and oxygen atoms in total. The van der Waals surface area contributed by atoms with Gasteiger partial charge in [-0.1, -0.05) is 45.9 Å². The van der Waals surface area contributed by atoms with Crippen LogP contribution in [-0.4, -0.2) is 56.7 Å². The van der Waals surface area contributed by atoms with Crippen LogP contribution in [0.3, 0.4) is 0 Å². The standard InChI is InChI=1S/C35H30ClN5O4S2/c1-46-47-11-10-33(43)37-21-6-8-27-19(12-21)14-29(39-27)34(44)38-22-7-9-28-20(13-22)15-30(40-28)35(45)41-23(18-36)16-26-24-4-2-3-5-25(24)32(42)17-31(26)41/h2-9,12-15,17,23,39-40,42H,10-11,16,18H2,1H3,(H,37,43)(H,38,44)/t23-/m0/s1. The van der Waals surface area contributed by atoms with Crippen molar-refractivity contribution in [2.75, 3.05) is 33.4 Å². The summed E-state index contributed by atoms with van der Waals surface area (Å²) in [7, 11) is 3.27. The van der Waals surface area contributed by atoms with Gasteiger partial charge in [-0.25, -0.2) is 0 Å². The van der Waals surface area contributed by atoms with Gasteiger partial charge in [0.25, 0.3) is 11.8 Å². The van der Waals surface area contributed by atoms with Crippen molar-refractivity contribution in [1.82, 2.24) is 9.97 Å². The van der Waals surface area contributed by atoms with E-state index in [0.29, 0.717) is 41.3 Å². The molecule has 6 aromatic rings. The van der Waals surface area contributed by atoms with Crippen molar-refractivity contribution < 1.29 is 19.5 Å². The summed E-state index contributed by atoms with van der Waals surface area (Å²) in [5.74, 6) is 0.466. The highest BCUT2D eigenvalue weighted by molar-refractivity contribution is 8.76. The van der Waals surface area contributed by atoms with Crippen LogP contribution in [0.25, 0.3) is 32.6 Å². The van der Waals surface area contributed by atoms with Crippen LogP contribution in [0.2, 0.25) is 0 Å². The van der Waals surface area contributed by atoms with Gasteiger partial charge >= 0.3 is 0 Å². The van der Waals surface area contributed by atoms with Gasteiger partial charge in [0.1, 0.15) is 17.1 Å². The molecule has 5 N–H and O–H groups in total. The molecule has 3 heterocycles. The molecular formula is C35H30ClN5O4S2. The first kappa shape index (κ1) is 31.0. The van der Waals surface area contributed by atoms with E-state index in [2.05, 4.69) is 20.6 Å². The van der Waals surface area contributed by atoms with Gasteiger partial charge in [-0.05, 0) is 72.2 Å². The number of hydrogen-bond donors (Lipinski definition) is 5. The number of benzene rings is 4. The molecule has 0 fully saturated rings. The van der Waals surface area contributed by atoms with E-state index in [1.807, 2.05) is 54.8 Å². The minimum absolute atomic E-state index is 0.0542. The number of anilines is 3. The van der Waals surface area contributed by atoms with Crippen molar-refractivity contribution in [2.24, 2.45) is 0 Å². The van der Waals surface area contributed by atoms with E-state index in [-0.39, 0.29) is 35.4 Å². The lowest BCUT2D eigenvalue weighted by Gasteiger charge is -2.23. The number of nitrogens with one attached hydrogen (secondary N) is 4. The molecule has 238 valence electrons. The number of fused-ring (bicyclic) bond motifs is 5. The van der Waals surface area contributed by atoms with Crippen LogP contribution in [0.5, 0.6) is 5.75 Å². The third-order valence-electron chi connectivity index (χ3n) is 8.36. The van der Waals surface area contributed by atoms with Crippen LogP contribution in [-0.2, 0) is 11.2 Å². The predicted octanol–water partition coefficient (Wildman–Crippen LogP) is 7.91. The Labute approximate surface area is 282 Å². The first-order chi connectivity index (χ1) is 22.8. The van der Waals surface area contributed by atoms with Crippen LogP contribution in [0, 0.1) is 0 Å². The number of aromatic amines is 2. The maximum Gasteiger partial charge on any atom is 0.275 e. The number of amides is 3. The summed E-state index contributed by atoms with van der Waals surface area (Å²) in [6.07, 6.45) is 2.99. The van der Waals surface area contributed by atoms with E-state index < -0.39 is 0 Å². The van der Waals surface area contributed by atoms with Crippen molar-refractivity contribution in [3.63, 3.8) is 0 Å². The normalized spacial score (nSPS) is 14.2. The molecule has 0 radical (unpaired) electrons. The second-order valence-electron chi connectivity index (χ2n) is 11.3. The maximum atomic E-state index is 13.9. The molecule has 0 aliphatic carbocycles. The molecule has 3 amide bonds. The largest absolute Gasteiger partial charge is 0.507 e. The molecule has 1 aliphatic rings. The van der Waals surface area contributed by atoms with E-state index in [0.717, 1.165) is 43.9 Å². The van der Waals surface area contributed by atoms with Gasteiger partial charge in [-0.2, -0.15) is 0 Å². The van der Waals surface area contributed by atoms with Crippen molar-refractivity contribution >= 4 is 101 Å². The second-order valence-corrected chi connectivity index (χ2v) is 14.3. The third-order valence-corrected chi connectivity index (χ3v) is 10.5. The van der Waals surface area contributed by atoms with Gasteiger partial charge in [0, 0.05) is 62.7 Å². The average Bonchev–Trinajstić information content (AvgIpc) is 3.79. The average molecular weight is 684 g/mol. The van der Waals surface area contributed by atoms with Gasteiger partial charge in [0.2, 0.25) is 5.91 Å². The van der Waals surface area contributed by atoms with Gasteiger partial charge in [0.05, 0.1) is 11.7 Å². The van der Waals surface area contributed by atoms with Gasteiger partial charge in [0.15, 0.2) is 0 Å². The summed E-state index contributed by atoms with van der Waals surface area (Å²) in [5, 5.41) is 19.8. The molecule has 47 heavy (non-hydrogen) atoms. The predicted molar refractivity (Wildman–Crippen MR) is 194 cm³/mol. The molecule has 1 atom stereocenters. The third kappa shape index (κ3) is 6.02. The lowest BCUT2D eigenvalue weighted by molar-refractivity contribution is -0.115. The minimum atomic E-state index is -0.322. The number of aromatic hydroxyl groups is 1. The Morgan fingerprint density at radius 2 is 1.55 bits per heavy atom. The van der Waals surface area contributed by atoms with Crippen LogP contribution in [0.15, 0.2) is 78.9 Å². The Bertz CT molecular complexity index is 2200. The van der Waals surface area contributed by atoms with Crippen molar-refractivity contribution in [2.45, 2.75) is 18.9 Å². The SMILES string of the molecule is CSSCCC(=O)Nc1ccc2[nH]c(C(=O)Nc3ccc4[nH]c(C(=O)N5c6cc(O)c7ccccc7c6C[C@H]5CCl)cc4c3)cc2c1. The Morgan fingerprint density at radius 3 is 2.26 bits per heavy atom.